The Kier molecular flexibility index (Phi) is 5.94. The molecule has 0 aromatic rings. The molecule has 4 heteroatoms. The van der Waals surface area contributed by atoms with E-state index < -0.39 is 10.8 Å². The van der Waals surface area contributed by atoms with E-state index in [0.29, 0.717) is 17.3 Å². The molecule has 1 saturated heterocycles. The molecular formula is C12H26N2OS. The van der Waals surface area contributed by atoms with Gasteiger partial charge in [0.15, 0.2) is 0 Å². The van der Waals surface area contributed by atoms with E-state index in [2.05, 4.69) is 31.1 Å². The van der Waals surface area contributed by atoms with Gasteiger partial charge in [-0.1, -0.05) is 6.92 Å². The van der Waals surface area contributed by atoms with Crippen molar-refractivity contribution in [3.05, 3.63) is 0 Å². The van der Waals surface area contributed by atoms with E-state index in [9.17, 15) is 4.21 Å². The maximum Gasteiger partial charge on any atom is 0.0329 e. The molecule has 0 saturated carbocycles. The molecule has 1 aliphatic rings. The largest absolute Gasteiger partial charge is 0.317 e. The summed E-state index contributed by atoms with van der Waals surface area (Å²) in [6.07, 6.45) is 5.34. The smallest absolute Gasteiger partial charge is 0.0329 e. The lowest BCUT2D eigenvalue weighted by molar-refractivity contribution is 0.137. The van der Waals surface area contributed by atoms with Crippen LogP contribution in [-0.4, -0.2) is 52.8 Å². The predicted molar refractivity (Wildman–Crippen MR) is 71.3 cm³/mol. The summed E-state index contributed by atoms with van der Waals surface area (Å²) in [5.41, 5.74) is 0. The molecule has 4 atom stereocenters. The van der Waals surface area contributed by atoms with Gasteiger partial charge in [0.05, 0.1) is 0 Å². The molecule has 0 radical (unpaired) electrons. The summed E-state index contributed by atoms with van der Waals surface area (Å²) < 4.78 is 11.3. The van der Waals surface area contributed by atoms with Crippen molar-refractivity contribution in [1.29, 1.82) is 0 Å². The minimum absolute atomic E-state index is 0.328. The average molecular weight is 246 g/mol. The SMILES string of the molecule is CNC1CCN(CCC(C)S(C)=O)C(C)C1. The van der Waals surface area contributed by atoms with Crippen LogP contribution in [0.4, 0.5) is 0 Å². The lowest BCUT2D eigenvalue weighted by Crippen LogP contribution is -2.47. The first-order valence-corrected chi connectivity index (χ1v) is 7.90. The molecule has 3 nitrogen and oxygen atoms in total. The van der Waals surface area contributed by atoms with Gasteiger partial charge in [0.1, 0.15) is 0 Å². The number of nitrogens with one attached hydrogen (secondary N) is 1. The van der Waals surface area contributed by atoms with Gasteiger partial charge >= 0.3 is 0 Å². The van der Waals surface area contributed by atoms with Gasteiger partial charge in [-0.15, -0.1) is 0 Å². The molecule has 0 aliphatic carbocycles. The Labute approximate surface area is 102 Å². The fourth-order valence-corrected chi connectivity index (χ4v) is 2.77. The second-order valence-corrected chi connectivity index (χ2v) is 6.79. The van der Waals surface area contributed by atoms with Gasteiger partial charge in [-0.25, -0.2) is 0 Å². The van der Waals surface area contributed by atoms with E-state index in [1.807, 2.05) is 0 Å². The van der Waals surface area contributed by atoms with Gasteiger partial charge in [-0.05, 0) is 46.3 Å². The minimum atomic E-state index is -0.674. The standard InChI is InChI=1S/C12H26N2OS/c1-10-9-12(13-3)6-8-14(10)7-5-11(2)16(4)15/h10-13H,5-9H2,1-4H3. The summed E-state index contributed by atoms with van der Waals surface area (Å²) in [7, 11) is 1.38. The van der Waals surface area contributed by atoms with Crippen LogP contribution in [0.5, 0.6) is 0 Å². The highest BCUT2D eigenvalue weighted by Crippen LogP contribution is 2.17. The molecule has 96 valence electrons. The lowest BCUT2D eigenvalue weighted by Gasteiger charge is -2.38. The Morgan fingerprint density at radius 3 is 2.75 bits per heavy atom. The van der Waals surface area contributed by atoms with Crippen LogP contribution < -0.4 is 5.32 Å². The maximum atomic E-state index is 11.3. The van der Waals surface area contributed by atoms with Gasteiger partial charge in [0.2, 0.25) is 0 Å². The molecule has 1 heterocycles. The molecule has 1 rings (SSSR count). The number of nitrogens with zero attached hydrogens (tertiary/aromatic N) is 1. The van der Waals surface area contributed by atoms with Crippen molar-refractivity contribution in [2.45, 2.75) is 50.4 Å². The fraction of sp³-hybridized carbons (Fsp3) is 1.00. The maximum absolute atomic E-state index is 11.3. The fourth-order valence-electron chi connectivity index (χ4n) is 2.33. The van der Waals surface area contributed by atoms with Crippen molar-refractivity contribution in [3.8, 4) is 0 Å². The van der Waals surface area contributed by atoms with Crippen molar-refractivity contribution >= 4 is 10.8 Å². The van der Waals surface area contributed by atoms with Gasteiger partial charge in [0, 0.05) is 34.4 Å². The molecule has 1 aliphatic heterocycles. The molecular weight excluding hydrogens is 220 g/mol. The molecule has 0 aromatic carbocycles. The zero-order chi connectivity index (χ0) is 12.1. The zero-order valence-corrected chi connectivity index (χ0v) is 11.8. The topological polar surface area (TPSA) is 32.3 Å². The van der Waals surface area contributed by atoms with Crippen molar-refractivity contribution in [3.63, 3.8) is 0 Å². The molecule has 0 amide bonds. The van der Waals surface area contributed by atoms with E-state index in [1.54, 1.807) is 6.26 Å². The normalized spacial score (nSPS) is 31.2. The number of piperidine rings is 1. The third-order valence-electron chi connectivity index (χ3n) is 3.81. The van der Waals surface area contributed by atoms with Crippen molar-refractivity contribution in [1.82, 2.24) is 10.2 Å². The number of rotatable bonds is 5. The third kappa shape index (κ3) is 4.15. The third-order valence-corrected chi connectivity index (χ3v) is 5.18. The first kappa shape index (κ1) is 14.1. The van der Waals surface area contributed by atoms with Crippen molar-refractivity contribution in [2.75, 3.05) is 26.4 Å². The highest BCUT2D eigenvalue weighted by molar-refractivity contribution is 7.84. The number of hydrogen-bond acceptors (Lipinski definition) is 3. The molecule has 1 N–H and O–H groups in total. The zero-order valence-electron chi connectivity index (χ0n) is 11.0. The average Bonchev–Trinajstić information content (AvgIpc) is 2.26. The van der Waals surface area contributed by atoms with Crippen LogP contribution in [0.15, 0.2) is 0 Å². The predicted octanol–water partition coefficient (Wildman–Crippen LogP) is 1.22. The van der Waals surface area contributed by atoms with Crippen LogP contribution in [0.25, 0.3) is 0 Å². The number of hydrogen-bond donors (Lipinski definition) is 1. The lowest BCUT2D eigenvalue weighted by atomic mass is 9.98. The van der Waals surface area contributed by atoms with Crippen LogP contribution >= 0.6 is 0 Å². The Hall–Kier alpha value is 0.0700. The Balaban J connectivity index is 2.30. The Bertz CT molecular complexity index is 235. The first-order valence-electron chi connectivity index (χ1n) is 6.28. The molecule has 0 aromatic heterocycles. The van der Waals surface area contributed by atoms with Crippen molar-refractivity contribution in [2.24, 2.45) is 0 Å². The van der Waals surface area contributed by atoms with Gasteiger partial charge in [-0.2, -0.15) is 0 Å². The van der Waals surface area contributed by atoms with E-state index in [-0.39, 0.29) is 0 Å². The molecule has 1 fully saturated rings. The first-order chi connectivity index (χ1) is 7.54. The van der Waals surface area contributed by atoms with Gasteiger partial charge in [0.25, 0.3) is 0 Å². The molecule has 0 spiro atoms. The van der Waals surface area contributed by atoms with Crippen LogP contribution in [0.2, 0.25) is 0 Å². The summed E-state index contributed by atoms with van der Waals surface area (Å²) in [4.78, 5) is 2.54. The molecule has 16 heavy (non-hydrogen) atoms. The van der Waals surface area contributed by atoms with Crippen LogP contribution in [-0.2, 0) is 10.8 Å². The van der Waals surface area contributed by atoms with Crippen LogP contribution in [0, 0.1) is 0 Å². The summed E-state index contributed by atoms with van der Waals surface area (Å²) in [6, 6.07) is 1.34. The monoisotopic (exact) mass is 246 g/mol. The Morgan fingerprint density at radius 1 is 1.56 bits per heavy atom. The van der Waals surface area contributed by atoms with Crippen LogP contribution in [0.3, 0.4) is 0 Å². The molecule has 4 unspecified atom stereocenters. The molecule has 0 bridgehead atoms. The van der Waals surface area contributed by atoms with E-state index in [4.69, 9.17) is 0 Å². The van der Waals surface area contributed by atoms with Crippen LogP contribution in [0.1, 0.15) is 33.1 Å². The minimum Gasteiger partial charge on any atom is -0.317 e. The van der Waals surface area contributed by atoms with E-state index in [0.717, 1.165) is 13.0 Å². The van der Waals surface area contributed by atoms with Gasteiger partial charge < -0.3 is 10.2 Å². The summed E-state index contributed by atoms with van der Waals surface area (Å²) in [6.45, 7) is 6.66. The summed E-state index contributed by atoms with van der Waals surface area (Å²) in [5, 5.41) is 3.69. The highest BCUT2D eigenvalue weighted by atomic mass is 32.2. The summed E-state index contributed by atoms with van der Waals surface area (Å²) in [5.74, 6) is 0. The second kappa shape index (κ2) is 6.72. The highest BCUT2D eigenvalue weighted by Gasteiger charge is 2.24. The van der Waals surface area contributed by atoms with E-state index in [1.165, 1.54) is 19.4 Å². The number of likely N-dealkylation sites (tertiary alicyclic amines) is 1. The quantitative estimate of drug-likeness (QED) is 0.791. The van der Waals surface area contributed by atoms with Crippen molar-refractivity contribution < 1.29 is 4.21 Å². The summed E-state index contributed by atoms with van der Waals surface area (Å²) >= 11 is 0. The van der Waals surface area contributed by atoms with E-state index >= 15 is 0 Å². The second-order valence-electron chi connectivity index (χ2n) is 4.99. The Morgan fingerprint density at radius 2 is 2.25 bits per heavy atom. The van der Waals surface area contributed by atoms with Gasteiger partial charge in [-0.3, -0.25) is 4.21 Å².